The van der Waals surface area contributed by atoms with Gasteiger partial charge in [0.2, 0.25) is 0 Å². The zero-order chi connectivity index (χ0) is 17.7. The summed E-state index contributed by atoms with van der Waals surface area (Å²) >= 11 is 0. The van der Waals surface area contributed by atoms with Gasteiger partial charge in [-0.2, -0.15) is 0 Å². The summed E-state index contributed by atoms with van der Waals surface area (Å²) < 4.78 is 5.83. The van der Waals surface area contributed by atoms with Crippen molar-refractivity contribution in [2.75, 3.05) is 25.1 Å². The van der Waals surface area contributed by atoms with Crippen LogP contribution in [0, 0.1) is 5.92 Å². The molecule has 1 saturated carbocycles. The molecule has 4 nitrogen and oxygen atoms in total. The SMILES string of the molecule is CN(c1ncccc1CNCC1CCOC(C)(C)C1)C1CCCCC1. The molecule has 2 heterocycles. The molecule has 2 fully saturated rings. The maximum atomic E-state index is 5.83. The predicted octanol–water partition coefficient (Wildman–Crippen LogP) is 4.15. The first-order chi connectivity index (χ1) is 12.1. The molecule has 1 saturated heterocycles. The fraction of sp³-hybridized carbons (Fsp3) is 0.762. The lowest BCUT2D eigenvalue weighted by Crippen LogP contribution is -2.38. The first-order valence-electron chi connectivity index (χ1n) is 10.1. The molecule has 2 aliphatic rings. The number of rotatable bonds is 6. The smallest absolute Gasteiger partial charge is 0.132 e. The molecule has 0 bridgehead atoms. The summed E-state index contributed by atoms with van der Waals surface area (Å²) in [6, 6.07) is 4.94. The molecule has 1 aliphatic carbocycles. The van der Waals surface area contributed by atoms with Crippen LogP contribution in [0.2, 0.25) is 0 Å². The molecule has 25 heavy (non-hydrogen) atoms. The van der Waals surface area contributed by atoms with Crippen molar-refractivity contribution in [1.29, 1.82) is 0 Å². The van der Waals surface area contributed by atoms with E-state index in [-0.39, 0.29) is 5.60 Å². The van der Waals surface area contributed by atoms with Crippen LogP contribution in [0.15, 0.2) is 18.3 Å². The Hall–Kier alpha value is -1.13. The van der Waals surface area contributed by atoms with E-state index in [1.54, 1.807) is 0 Å². The van der Waals surface area contributed by atoms with Crippen molar-refractivity contribution in [3.63, 3.8) is 0 Å². The quantitative estimate of drug-likeness (QED) is 0.840. The van der Waals surface area contributed by atoms with Crippen LogP contribution >= 0.6 is 0 Å². The number of hydrogen-bond donors (Lipinski definition) is 1. The van der Waals surface area contributed by atoms with Gasteiger partial charge >= 0.3 is 0 Å². The predicted molar refractivity (Wildman–Crippen MR) is 104 cm³/mol. The van der Waals surface area contributed by atoms with Gasteiger partial charge in [0.1, 0.15) is 5.82 Å². The lowest BCUT2D eigenvalue weighted by molar-refractivity contribution is -0.0718. The molecule has 0 aromatic carbocycles. The summed E-state index contributed by atoms with van der Waals surface area (Å²) in [5, 5.41) is 3.69. The summed E-state index contributed by atoms with van der Waals surface area (Å²) in [4.78, 5) is 7.13. The van der Waals surface area contributed by atoms with E-state index in [0.717, 1.165) is 38.4 Å². The number of aromatic nitrogens is 1. The summed E-state index contributed by atoms with van der Waals surface area (Å²) in [7, 11) is 2.23. The Morgan fingerprint density at radius 1 is 1.24 bits per heavy atom. The number of pyridine rings is 1. The van der Waals surface area contributed by atoms with Gasteiger partial charge in [-0.25, -0.2) is 4.98 Å². The molecule has 140 valence electrons. The van der Waals surface area contributed by atoms with Crippen LogP contribution in [0.3, 0.4) is 0 Å². The third-order valence-electron chi connectivity index (χ3n) is 5.87. The molecular weight excluding hydrogens is 310 g/mol. The van der Waals surface area contributed by atoms with E-state index in [4.69, 9.17) is 9.72 Å². The minimum absolute atomic E-state index is 0.0330. The molecule has 1 unspecified atom stereocenters. The van der Waals surface area contributed by atoms with E-state index in [0.29, 0.717) is 12.0 Å². The van der Waals surface area contributed by atoms with Crippen molar-refractivity contribution >= 4 is 5.82 Å². The topological polar surface area (TPSA) is 37.4 Å². The van der Waals surface area contributed by atoms with E-state index in [9.17, 15) is 0 Å². The minimum Gasteiger partial charge on any atom is -0.376 e. The molecule has 3 rings (SSSR count). The molecule has 1 N–H and O–H groups in total. The van der Waals surface area contributed by atoms with Crippen LogP contribution < -0.4 is 10.2 Å². The van der Waals surface area contributed by atoms with Gasteiger partial charge in [-0.05, 0) is 58.1 Å². The molecule has 1 aromatic heterocycles. The molecule has 0 spiro atoms. The first kappa shape index (κ1) is 18.7. The van der Waals surface area contributed by atoms with Gasteiger partial charge in [-0.3, -0.25) is 0 Å². The van der Waals surface area contributed by atoms with Crippen molar-refractivity contribution in [2.24, 2.45) is 5.92 Å². The Morgan fingerprint density at radius 2 is 2.04 bits per heavy atom. The standard InChI is InChI=1S/C21H35N3O/c1-21(2)14-17(11-13-25-21)15-22-16-18-8-7-12-23-20(18)24(3)19-9-5-4-6-10-19/h7-8,12,17,19,22H,4-6,9-11,13-16H2,1-3H3. The van der Waals surface area contributed by atoms with E-state index in [1.165, 1.54) is 37.7 Å². The highest BCUT2D eigenvalue weighted by atomic mass is 16.5. The maximum Gasteiger partial charge on any atom is 0.132 e. The number of hydrogen-bond acceptors (Lipinski definition) is 4. The molecule has 4 heteroatoms. The zero-order valence-corrected chi connectivity index (χ0v) is 16.3. The van der Waals surface area contributed by atoms with Gasteiger partial charge in [0, 0.05) is 38.0 Å². The lowest BCUT2D eigenvalue weighted by Gasteiger charge is -2.36. The van der Waals surface area contributed by atoms with Crippen LogP contribution in [-0.4, -0.2) is 36.8 Å². The average Bonchev–Trinajstić information content (AvgIpc) is 2.61. The zero-order valence-electron chi connectivity index (χ0n) is 16.3. The Morgan fingerprint density at radius 3 is 2.80 bits per heavy atom. The second-order valence-electron chi connectivity index (χ2n) is 8.49. The average molecular weight is 346 g/mol. The van der Waals surface area contributed by atoms with Gasteiger partial charge in [0.15, 0.2) is 0 Å². The van der Waals surface area contributed by atoms with E-state index in [1.807, 2.05) is 6.20 Å². The van der Waals surface area contributed by atoms with Gasteiger partial charge in [0.05, 0.1) is 5.60 Å². The van der Waals surface area contributed by atoms with Crippen molar-refractivity contribution in [2.45, 2.75) is 77.0 Å². The fourth-order valence-electron chi connectivity index (χ4n) is 4.47. The Bertz CT molecular complexity index is 540. The second-order valence-corrected chi connectivity index (χ2v) is 8.49. The van der Waals surface area contributed by atoms with Crippen molar-refractivity contribution < 1.29 is 4.74 Å². The molecule has 1 aromatic rings. The molecule has 0 radical (unpaired) electrons. The van der Waals surface area contributed by atoms with Gasteiger partial charge < -0.3 is 15.0 Å². The molecule has 1 aliphatic heterocycles. The monoisotopic (exact) mass is 345 g/mol. The fourth-order valence-corrected chi connectivity index (χ4v) is 4.47. The van der Waals surface area contributed by atoms with Crippen LogP contribution in [0.1, 0.15) is 64.4 Å². The third-order valence-corrected chi connectivity index (χ3v) is 5.87. The summed E-state index contributed by atoms with van der Waals surface area (Å²) in [5.74, 6) is 1.87. The van der Waals surface area contributed by atoms with Gasteiger partial charge in [-0.15, -0.1) is 0 Å². The molecule has 1 atom stereocenters. The number of ether oxygens (including phenoxy) is 1. The Labute approximate surface area is 153 Å². The van der Waals surface area contributed by atoms with Crippen molar-refractivity contribution in [3.8, 4) is 0 Å². The number of nitrogens with one attached hydrogen (secondary N) is 1. The third kappa shape index (κ3) is 5.18. The Kier molecular flexibility index (Phi) is 6.34. The largest absolute Gasteiger partial charge is 0.376 e. The highest BCUT2D eigenvalue weighted by Crippen LogP contribution is 2.29. The normalized spacial score (nSPS) is 24.2. The molecule has 0 amide bonds. The van der Waals surface area contributed by atoms with Crippen molar-refractivity contribution in [3.05, 3.63) is 23.9 Å². The van der Waals surface area contributed by atoms with Crippen LogP contribution in [-0.2, 0) is 11.3 Å². The minimum atomic E-state index is 0.0330. The first-order valence-corrected chi connectivity index (χ1v) is 10.1. The van der Waals surface area contributed by atoms with Gasteiger partial charge in [-0.1, -0.05) is 25.3 Å². The lowest BCUT2D eigenvalue weighted by atomic mass is 9.88. The highest BCUT2D eigenvalue weighted by Gasteiger charge is 2.28. The number of nitrogens with zero attached hydrogens (tertiary/aromatic N) is 2. The van der Waals surface area contributed by atoms with Gasteiger partial charge in [0.25, 0.3) is 0 Å². The summed E-state index contributed by atoms with van der Waals surface area (Å²) in [6.07, 6.45) is 10.9. The second kappa shape index (κ2) is 8.50. The molecular formula is C21H35N3O. The van der Waals surface area contributed by atoms with E-state index < -0.39 is 0 Å². The summed E-state index contributed by atoms with van der Waals surface area (Å²) in [5.41, 5.74) is 1.35. The summed E-state index contributed by atoms with van der Waals surface area (Å²) in [6.45, 7) is 7.27. The maximum absolute atomic E-state index is 5.83. The number of anilines is 1. The van der Waals surface area contributed by atoms with Crippen LogP contribution in [0.4, 0.5) is 5.82 Å². The van der Waals surface area contributed by atoms with Crippen LogP contribution in [0.5, 0.6) is 0 Å². The highest BCUT2D eigenvalue weighted by molar-refractivity contribution is 5.47. The van der Waals surface area contributed by atoms with E-state index >= 15 is 0 Å². The van der Waals surface area contributed by atoms with Crippen LogP contribution in [0.25, 0.3) is 0 Å². The van der Waals surface area contributed by atoms with Crippen molar-refractivity contribution in [1.82, 2.24) is 10.3 Å². The van der Waals surface area contributed by atoms with E-state index in [2.05, 4.69) is 43.2 Å². The Balaban J connectivity index is 1.55.